The molecule has 3 aromatic rings. The number of nitrogens with zero attached hydrogens (tertiary/aromatic N) is 3. The second-order valence-electron chi connectivity index (χ2n) is 6.36. The summed E-state index contributed by atoms with van der Waals surface area (Å²) in [6.45, 7) is 2.75. The molecule has 8 heteroatoms. The van der Waals surface area contributed by atoms with Crippen molar-refractivity contribution in [1.29, 1.82) is 0 Å². The number of fused-ring (bicyclic) bond motifs is 1. The van der Waals surface area contributed by atoms with Crippen LogP contribution in [0.4, 0.5) is 0 Å². The average Bonchev–Trinajstić information content (AvgIpc) is 3.30. The predicted octanol–water partition coefficient (Wildman–Crippen LogP) is 1.86. The number of carbonyl (C=O) groups is 1. The summed E-state index contributed by atoms with van der Waals surface area (Å²) in [6.07, 6.45) is 2.20. The molecule has 2 aromatic heterocycles. The summed E-state index contributed by atoms with van der Waals surface area (Å²) in [7, 11) is 1.54. The smallest absolute Gasteiger partial charge is 0.259 e. The van der Waals surface area contributed by atoms with E-state index in [9.17, 15) is 9.59 Å². The zero-order valence-electron chi connectivity index (χ0n) is 14.5. The van der Waals surface area contributed by atoms with Gasteiger partial charge in [-0.15, -0.1) is 0 Å². The number of hydrogen-bond donors (Lipinski definition) is 1. The second-order valence-corrected chi connectivity index (χ2v) is 6.36. The highest BCUT2D eigenvalue weighted by Gasteiger charge is 2.32. The van der Waals surface area contributed by atoms with Crippen molar-refractivity contribution in [3.63, 3.8) is 0 Å². The minimum atomic E-state index is -0.306. The molecule has 1 aliphatic heterocycles. The number of ether oxygens (including phenoxy) is 1. The molecule has 0 bridgehead atoms. The van der Waals surface area contributed by atoms with Crippen LogP contribution in [0.5, 0.6) is 5.75 Å². The van der Waals surface area contributed by atoms with Crippen molar-refractivity contribution in [2.24, 2.45) is 0 Å². The lowest BCUT2D eigenvalue weighted by Crippen LogP contribution is -2.32. The molecule has 1 saturated heterocycles. The zero-order valence-corrected chi connectivity index (χ0v) is 14.5. The number of pyridine rings is 1. The monoisotopic (exact) mass is 354 g/mol. The fraction of sp³-hybridized carbons (Fsp3) is 0.333. The summed E-state index contributed by atoms with van der Waals surface area (Å²) in [4.78, 5) is 34.6. The van der Waals surface area contributed by atoms with Crippen LogP contribution in [-0.2, 0) is 0 Å². The van der Waals surface area contributed by atoms with Crippen LogP contribution in [0.2, 0.25) is 0 Å². The summed E-state index contributed by atoms with van der Waals surface area (Å²) in [5.74, 6) is 1.38. The Balaban J connectivity index is 1.62. The molecule has 1 fully saturated rings. The van der Waals surface area contributed by atoms with Gasteiger partial charge in [0.05, 0.1) is 13.0 Å². The molecule has 0 radical (unpaired) electrons. The van der Waals surface area contributed by atoms with E-state index in [0.717, 1.165) is 6.42 Å². The van der Waals surface area contributed by atoms with Gasteiger partial charge in [-0.1, -0.05) is 5.16 Å². The lowest BCUT2D eigenvalue weighted by Gasteiger charge is -2.15. The summed E-state index contributed by atoms with van der Waals surface area (Å²) in [6, 6.07) is 5.16. The lowest BCUT2D eigenvalue weighted by atomic mass is 10.1. The van der Waals surface area contributed by atoms with Gasteiger partial charge in [-0.05, 0) is 31.5 Å². The number of likely N-dealkylation sites (tertiary alicyclic amines) is 1. The molecule has 26 heavy (non-hydrogen) atoms. The van der Waals surface area contributed by atoms with Gasteiger partial charge in [0.2, 0.25) is 11.3 Å². The highest BCUT2D eigenvalue weighted by atomic mass is 16.5. The third kappa shape index (κ3) is 2.73. The van der Waals surface area contributed by atoms with Gasteiger partial charge in [-0.3, -0.25) is 9.59 Å². The zero-order chi connectivity index (χ0) is 18.3. The fourth-order valence-electron chi connectivity index (χ4n) is 3.28. The Hall–Kier alpha value is -3.16. The van der Waals surface area contributed by atoms with E-state index in [1.165, 1.54) is 13.3 Å². The van der Waals surface area contributed by atoms with E-state index < -0.39 is 0 Å². The highest BCUT2D eigenvalue weighted by molar-refractivity contribution is 5.97. The molecule has 0 saturated carbocycles. The maximum absolute atomic E-state index is 12.9. The van der Waals surface area contributed by atoms with Gasteiger partial charge in [0.15, 0.2) is 5.82 Å². The molecule has 134 valence electrons. The number of aryl methyl sites for hydroxylation is 1. The first-order chi connectivity index (χ1) is 12.6. The van der Waals surface area contributed by atoms with E-state index in [4.69, 9.17) is 9.26 Å². The van der Waals surface area contributed by atoms with Crippen LogP contribution < -0.4 is 10.2 Å². The number of aromatic amines is 1. The van der Waals surface area contributed by atoms with Gasteiger partial charge in [-0.2, -0.15) is 4.98 Å². The SMILES string of the molecule is COc1ccc2[nH]cc(C(=O)N3CCC(c4nc(C)no4)C3)c(=O)c2c1. The maximum atomic E-state index is 12.9. The quantitative estimate of drug-likeness (QED) is 0.770. The van der Waals surface area contributed by atoms with Crippen LogP contribution in [0, 0.1) is 6.92 Å². The number of amides is 1. The number of rotatable bonds is 3. The number of benzene rings is 1. The number of H-pyrrole nitrogens is 1. The summed E-state index contributed by atoms with van der Waals surface area (Å²) < 4.78 is 10.4. The Bertz CT molecular complexity index is 1040. The van der Waals surface area contributed by atoms with Gasteiger partial charge in [0.25, 0.3) is 5.91 Å². The average molecular weight is 354 g/mol. The third-order valence-corrected chi connectivity index (χ3v) is 4.69. The number of nitrogens with one attached hydrogen (secondary N) is 1. The highest BCUT2D eigenvalue weighted by Crippen LogP contribution is 2.27. The van der Waals surface area contributed by atoms with Crippen molar-refractivity contribution in [3.8, 4) is 5.75 Å². The van der Waals surface area contributed by atoms with E-state index in [1.807, 2.05) is 0 Å². The number of hydrogen-bond acceptors (Lipinski definition) is 6. The molecule has 1 atom stereocenters. The molecule has 1 aromatic carbocycles. The van der Waals surface area contributed by atoms with Crippen LogP contribution in [0.15, 0.2) is 33.7 Å². The van der Waals surface area contributed by atoms with Crippen molar-refractivity contribution < 1.29 is 14.1 Å². The van der Waals surface area contributed by atoms with Crippen LogP contribution in [0.25, 0.3) is 10.9 Å². The summed E-state index contributed by atoms with van der Waals surface area (Å²) in [5.41, 5.74) is 0.473. The molecular formula is C18H18N4O4. The van der Waals surface area contributed by atoms with Crippen molar-refractivity contribution in [3.05, 3.63) is 51.9 Å². The van der Waals surface area contributed by atoms with Gasteiger partial charge >= 0.3 is 0 Å². The largest absolute Gasteiger partial charge is 0.497 e. The Morgan fingerprint density at radius 2 is 2.27 bits per heavy atom. The van der Waals surface area contributed by atoms with E-state index in [2.05, 4.69) is 15.1 Å². The molecule has 1 unspecified atom stereocenters. The first-order valence-electron chi connectivity index (χ1n) is 8.35. The van der Waals surface area contributed by atoms with Gasteiger partial charge in [0, 0.05) is 30.2 Å². The fourth-order valence-corrected chi connectivity index (χ4v) is 3.28. The van der Waals surface area contributed by atoms with E-state index >= 15 is 0 Å². The minimum absolute atomic E-state index is 0.000202. The first kappa shape index (κ1) is 16.3. The van der Waals surface area contributed by atoms with E-state index in [0.29, 0.717) is 41.5 Å². The molecule has 4 rings (SSSR count). The number of methoxy groups -OCH3 is 1. The maximum Gasteiger partial charge on any atom is 0.259 e. The number of aromatic nitrogens is 3. The third-order valence-electron chi connectivity index (χ3n) is 4.69. The molecule has 1 amide bonds. The minimum Gasteiger partial charge on any atom is -0.497 e. The van der Waals surface area contributed by atoms with Gasteiger partial charge in [0.1, 0.15) is 11.3 Å². The second kappa shape index (κ2) is 6.29. The Morgan fingerprint density at radius 1 is 1.42 bits per heavy atom. The molecule has 1 N–H and O–H groups in total. The van der Waals surface area contributed by atoms with Gasteiger partial charge < -0.3 is 19.1 Å². The lowest BCUT2D eigenvalue weighted by molar-refractivity contribution is 0.0788. The molecule has 3 heterocycles. The Morgan fingerprint density at radius 3 is 3.00 bits per heavy atom. The Kier molecular flexibility index (Phi) is 3.95. The van der Waals surface area contributed by atoms with Crippen LogP contribution in [0.3, 0.4) is 0 Å². The molecular weight excluding hydrogens is 336 g/mol. The molecule has 0 spiro atoms. The molecule has 8 nitrogen and oxygen atoms in total. The van der Waals surface area contributed by atoms with Crippen LogP contribution in [0.1, 0.15) is 34.4 Å². The first-order valence-corrected chi connectivity index (χ1v) is 8.35. The van der Waals surface area contributed by atoms with E-state index in [-0.39, 0.29) is 22.8 Å². The normalized spacial score (nSPS) is 17.0. The van der Waals surface area contributed by atoms with Crippen LogP contribution in [-0.4, -0.2) is 46.1 Å². The van der Waals surface area contributed by atoms with Crippen molar-refractivity contribution in [2.75, 3.05) is 20.2 Å². The molecule has 1 aliphatic rings. The predicted molar refractivity (Wildman–Crippen MR) is 93.4 cm³/mol. The summed E-state index contributed by atoms with van der Waals surface area (Å²) >= 11 is 0. The number of carbonyl (C=O) groups excluding carboxylic acids is 1. The Labute approximate surface area is 148 Å². The van der Waals surface area contributed by atoms with Crippen molar-refractivity contribution >= 4 is 16.8 Å². The van der Waals surface area contributed by atoms with E-state index in [1.54, 1.807) is 30.0 Å². The molecule has 0 aliphatic carbocycles. The van der Waals surface area contributed by atoms with Crippen molar-refractivity contribution in [2.45, 2.75) is 19.3 Å². The standard InChI is InChI=1S/C18H18N4O4/c1-10-20-17(26-21-10)11-5-6-22(9-11)18(24)14-8-19-15-4-3-12(25-2)7-13(15)16(14)23/h3-4,7-8,11H,5-6,9H2,1-2H3,(H,19,23). The van der Waals surface area contributed by atoms with Crippen molar-refractivity contribution in [1.82, 2.24) is 20.0 Å². The summed E-state index contributed by atoms with van der Waals surface area (Å²) in [5, 5.41) is 4.23. The van der Waals surface area contributed by atoms with Crippen LogP contribution >= 0.6 is 0 Å². The topological polar surface area (TPSA) is 101 Å². The van der Waals surface area contributed by atoms with Gasteiger partial charge in [-0.25, -0.2) is 0 Å².